The van der Waals surface area contributed by atoms with E-state index in [9.17, 15) is 15.0 Å². The average Bonchev–Trinajstić information content (AvgIpc) is 2.47. The predicted octanol–water partition coefficient (Wildman–Crippen LogP) is 1.63. The smallest absolute Gasteiger partial charge is 0.257 e. The second-order valence-corrected chi connectivity index (χ2v) is 5.23. The number of phenols is 1. The number of piperidine rings is 1. The van der Waals surface area contributed by atoms with Gasteiger partial charge in [0.05, 0.1) is 18.8 Å². The molecule has 0 bridgehead atoms. The molecule has 0 saturated carbocycles. The van der Waals surface area contributed by atoms with Crippen LogP contribution in [0.5, 0.6) is 11.5 Å². The number of carbonyl (C=O) groups is 1. The maximum absolute atomic E-state index is 12.4. The summed E-state index contributed by atoms with van der Waals surface area (Å²) >= 11 is 0. The van der Waals surface area contributed by atoms with E-state index in [0.29, 0.717) is 18.8 Å². The second kappa shape index (κ2) is 6.13. The number of hydrogen-bond acceptors (Lipinski definition) is 4. The van der Waals surface area contributed by atoms with Crippen LogP contribution in [0.4, 0.5) is 0 Å². The Labute approximate surface area is 118 Å². The van der Waals surface area contributed by atoms with Crippen molar-refractivity contribution in [2.75, 3.05) is 20.2 Å². The highest BCUT2D eigenvalue weighted by atomic mass is 16.5. The van der Waals surface area contributed by atoms with Crippen LogP contribution in [0.15, 0.2) is 18.2 Å². The summed E-state index contributed by atoms with van der Waals surface area (Å²) in [7, 11) is 1.46. The minimum atomic E-state index is -0.336. The molecular formula is C15H21NO4. The van der Waals surface area contributed by atoms with Crippen LogP contribution in [0.3, 0.4) is 0 Å². The topological polar surface area (TPSA) is 70.0 Å². The molecule has 0 radical (unpaired) electrons. The molecule has 1 aromatic carbocycles. The number of aromatic hydroxyl groups is 1. The standard InChI is InChI=1S/C15H21NO4/c1-10(17)11-6-8-16(9-7-11)15(19)12-4-3-5-13(20-2)14(12)18/h3-5,10-11,17-18H,6-9H2,1-2H3. The molecule has 1 aliphatic heterocycles. The molecule has 110 valence electrons. The fraction of sp³-hybridized carbons (Fsp3) is 0.533. The number of nitrogens with zero attached hydrogens (tertiary/aromatic N) is 1. The number of aliphatic hydroxyl groups excluding tert-OH is 1. The van der Waals surface area contributed by atoms with Crippen LogP contribution in [0.1, 0.15) is 30.1 Å². The van der Waals surface area contributed by atoms with E-state index in [2.05, 4.69) is 0 Å². The minimum Gasteiger partial charge on any atom is -0.504 e. The predicted molar refractivity (Wildman–Crippen MR) is 75.0 cm³/mol. The van der Waals surface area contributed by atoms with Crippen molar-refractivity contribution in [3.05, 3.63) is 23.8 Å². The van der Waals surface area contributed by atoms with E-state index < -0.39 is 0 Å². The van der Waals surface area contributed by atoms with Gasteiger partial charge in [-0.25, -0.2) is 0 Å². The lowest BCUT2D eigenvalue weighted by atomic mass is 9.92. The van der Waals surface area contributed by atoms with E-state index in [0.717, 1.165) is 12.8 Å². The summed E-state index contributed by atoms with van der Waals surface area (Å²) in [6, 6.07) is 4.90. The van der Waals surface area contributed by atoms with Crippen LogP contribution in [0.25, 0.3) is 0 Å². The van der Waals surface area contributed by atoms with Crippen molar-refractivity contribution in [3.8, 4) is 11.5 Å². The quantitative estimate of drug-likeness (QED) is 0.882. The molecule has 1 heterocycles. The third-order valence-electron chi connectivity index (χ3n) is 3.96. The zero-order chi connectivity index (χ0) is 14.7. The summed E-state index contributed by atoms with van der Waals surface area (Å²) in [6.45, 7) is 2.99. The molecule has 1 fully saturated rings. The van der Waals surface area contributed by atoms with E-state index >= 15 is 0 Å². The fourth-order valence-corrected chi connectivity index (χ4v) is 2.61. The van der Waals surface area contributed by atoms with Gasteiger partial charge in [0.25, 0.3) is 5.91 Å². The van der Waals surface area contributed by atoms with Crippen molar-refractivity contribution in [1.29, 1.82) is 0 Å². The average molecular weight is 279 g/mol. The fourth-order valence-electron chi connectivity index (χ4n) is 2.61. The molecule has 1 aliphatic rings. The van der Waals surface area contributed by atoms with E-state index in [1.807, 2.05) is 0 Å². The van der Waals surface area contributed by atoms with Gasteiger partial charge in [-0.15, -0.1) is 0 Å². The molecule has 1 unspecified atom stereocenters. The van der Waals surface area contributed by atoms with Crippen molar-refractivity contribution in [3.63, 3.8) is 0 Å². The number of likely N-dealkylation sites (tertiary alicyclic amines) is 1. The number of amides is 1. The third kappa shape index (κ3) is 2.88. The second-order valence-electron chi connectivity index (χ2n) is 5.23. The maximum atomic E-state index is 12.4. The van der Waals surface area contributed by atoms with E-state index in [1.165, 1.54) is 7.11 Å². The van der Waals surface area contributed by atoms with Gasteiger partial charge in [-0.05, 0) is 37.8 Å². The molecule has 5 heteroatoms. The number of aliphatic hydroxyl groups is 1. The molecule has 1 amide bonds. The highest BCUT2D eigenvalue weighted by Gasteiger charge is 2.27. The van der Waals surface area contributed by atoms with Crippen molar-refractivity contribution in [1.82, 2.24) is 4.90 Å². The Balaban J connectivity index is 2.09. The lowest BCUT2D eigenvalue weighted by molar-refractivity contribution is 0.0519. The largest absolute Gasteiger partial charge is 0.504 e. The molecule has 2 N–H and O–H groups in total. The Morgan fingerprint density at radius 1 is 1.40 bits per heavy atom. The van der Waals surface area contributed by atoms with Crippen molar-refractivity contribution >= 4 is 5.91 Å². The number of benzene rings is 1. The van der Waals surface area contributed by atoms with Crippen LogP contribution in [0.2, 0.25) is 0 Å². The van der Waals surface area contributed by atoms with Crippen LogP contribution in [-0.2, 0) is 0 Å². The Morgan fingerprint density at radius 2 is 2.05 bits per heavy atom. The monoisotopic (exact) mass is 279 g/mol. The Bertz CT molecular complexity index is 479. The molecule has 5 nitrogen and oxygen atoms in total. The Morgan fingerprint density at radius 3 is 2.60 bits per heavy atom. The highest BCUT2D eigenvalue weighted by Crippen LogP contribution is 2.31. The summed E-state index contributed by atoms with van der Waals surface area (Å²) in [6.07, 6.45) is 1.24. The molecule has 0 spiro atoms. The van der Waals surface area contributed by atoms with Gasteiger partial charge >= 0.3 is 0 Å². The van der Waals surface area contributed by atoms with Crippen molar-refractivity contribution in [2.24, 2.45) is 5.92 Å². The van der Waals surface area contributed by atoms with Crippen LogP contribution in [-0.4, -0.2) is 47.3 Å². The SMILES string of the molecule is COc1cccc(C(=O)N2CCC(C(C)O)CC2)c1O. The number of para-hydroxylation sites is 1. The van der Waals surface area contributed by atoms with Gasteiger partial charge in [0.2, 0.25) is 0 Å². The van der Waals surface area contributed by atoms with E-state index in [4.69, 9.17) is 4.74 Å². The molecule has 1 aromatic rings. The summed E-state index contributed by atoms with van der Waals surface area (Å²) in [5, 5.41) is 19.6. The Hall–Kier alpha value is -1.75. The summed E-state index contributed by atoms with van der Waals surface area (Å²) in [4.78, 5) is 14.1. The summed E-state index contributed by atoms with van der Waals surface area (Å²) in [5.74, 6) is 0.246. The molecule has 1 atom stereocenters. The van der Waals surface area contributed by atoms with Gasteiger partial charge in [0.1, 0.15) is 0 Å². The van der Waals surface area contributed by atoms with Crippen molar-refractivity contribution in [2.45, 2.75) is 25.9 Å². The first kappa shape index (κ1) is 14.7. The van der Waals surface area contributed by atoms with Gasteiger partial charge in [-0.1, -0.05) is 6.07 Å². The molecule has 20 heavy (non-hydrogen) atoms. The summed E-state index contributed by atoms with van der Waals surface area (Å²) < 4.78 is 5.02. The number of ether oxygens (including phenoxy) is 1. The summed E-state index contributed by atoms with van der Waals surface area (Å²) in [5.41, 5.74) is 0.264. The van der Waals surface area contributed by atoms with Gasteiger partial charge in [-0.2, -0.15) is 0 Å². The van der Waals surface area contributed by atoms with Crippen LogP contribution >= 0.6 is 0 Å². The number of carbonyl (C=O) groups excluding carboxylic acids is 1. The first-order valence-electron chi connectivity index (χ1n) is 6.88. The van der Waals surface area contributed by atoms with Crippen LogP contribution in [0, 0.1) is 5.92 Å². The lowest BCUT2D eigenvalue weighted by Gasteiger charge is -2.33. The maximum Gasteiger partial charge on any atom is 0.257 e. The van der Waals surface area contributed by atoms with E-state index in [1.54, 1.807) is 30.0 Å². The Kier molecular flexibility index (Phi) is 4.49. The minimum absolute atomic E-state index is 0.113. The highest BCUT2D eigenvalue weighted by molar-refractivity contribution is 5.97. The molecule has 1 saturated heterocycles. The third-order valence-corrected chi connectivity index (χ3v) is 3.96. The van der Waals surface area contributed by atoms with Crippen LogP contribution < -0.4 is 4.74 Å². The number of phenolic OH excluding ortho intramolecular Hbond substituents is 1. The normalized spacial score (nSPS) is 17.9. The zero-order valence-electron chi connectivity index (χ0n) is 11.9. The van der Waals surface area contributed by atoms with E-state index in [-0.39, 0.29) is 29.2 Å². The van der Waals surface area contributed by atoms with Gasteiger partial charge < -0.3 is 19.8 Å². The van der Waals surface area contributed by atoms with Gasteiger partial charge in [0, 0.05) is 13.1 Å². The van der Waals surface area contributed by atoms with Crippen molar-refractivity contribution < 1.29 is 19.7 Å². The molecule has 2 rings (SSSR count). The number of methoxy groups -OCH3 is 1. The number of hydrogen-bond donors (Lipinski definition) is 2. The van der Waals surface area contributed by atoms with Gasteiger partial charge in [-0.3, -0.25) is 4.79 Å². The first-order chi connectivity index (χ1) is 9.54. The molecular weight excluding hydrogens is 258 g/mol. The van der Waals surface area contributed by atoms with Gasteiger partial charge in [0.15, 0.2) is 11.5 Å². The molecule has 0 aliphatic carbocycles. The first-order valence-corrected chi connectivity index (χ1v) is 6.88. The zero-order valence-corrected chi connectivity index (χ0v) is 11.9. The number of rotatable bonds is 3. The molecule has 0 aromatic heterocycles. The lowest BCUT2D eigenvalue weighted by Crippen LogP contribution is -2.40.